The smallest absolute Gasteiger partial charge is 0.308 e. The van der Waals surface area contributed by atoms with Gasteiger partial charge in [-0.05, 0) is 42.5 Å². The van der Waals surface area contributed by atoms with Crippen LogP contribution in [0.15, 0.2) is 63.8 Å². The van der Waals surface area contributed by atoms with Crippen molar-refractivity contribution >= 4 is 34.8 Å². The van der Waals surface area contributed by atoms with E-state index < -0.39 is 41.5 Å². The fourth-order valence-electron chi connectivity index (χ4n) is 4.79. The lowest BCUT2D eigenvalue weighted by atomic mass is 10.0. The summed E-state index contributed by atoms with van der Waals surface area (Å²) in [6.45, 7) is 4.76. The molecule has 0 unspecified atom stereocenters. The van der Waals surface area contributed by atoms with E-state index in [4.69, 9.17) is 37.6 Å². The van der Waals surface area contributed by atoms with Gasteiger partial charge in [-0.25, -0.2) is 0 Å². The molecule has 1 aliphatic heterocycles. The molecule has 0 N–H and O–H groups in total. The predicted molar refractivity (Wildman–Crippen MR) is 159 cm³/mol. The van der Waals surface area contributed by atoms with E-state index in [-0.39, 0.29) is 63.4 Å². The molecule has 0 spiro atoms. The molecule has 238 valence electrons. The summed E-state index contributed by atoms with van der Waals surface area (Å²) < 4.78 is 44.9. The van der Waals surface area contributed by atoms with Crippen molar-refractivity contribution in [1.82, 2.24) is 0 Å². The van der Waals surface area contributed by atoms with Gasteiger partial charge < -0.3 is 37.6 Å². The zero-order valence-corrected chi connectivity index (χ0v) is 25.4. The second kappa shape index (κ2) is 13.0. The highest BCUT2D eigenvalue weighted by atomic mass is 16.6. The summed E-state index contributed by atoms with van der Waals surface area (Å²) in [5.41, 5.74) is 0.270. The van der Waals surface area contributed by atoms with Crippen molar-refractivity contribution < 1.29 is 56.8 Å². The van der Waals surface area contributed by atoms with Crippen molar-refractivity contribution in [3.05, 3.63) is 70.4 Å². The topological polar surface area (TPSA) is 163 Å². The minimum Gasteiger partial charge on any atom is -0.493 e. The van der Waals surface area contributed by atoms with Crippen molar-refractivity contribution in [2.24, 2.45) is 0 Å². The van der Waals surface area contributed by atoms with Gasteiger partial charge in [0.25, 0.3) is 0 Å². The average molecular weight is 633 g/mol. The van der Waals surface area contributed by atoms with E-state index in [1.54, 1.807) is 24.3 Å². The third-order valence-electron chi connectivity index (χ3n) is 6.63. The van der Waals surface area contributed by atoms with Gasteiger partial charge in [-0.3, -0.25) is 24.0 Å². The number of fused-ring (bicyclic) bond motifs is 2. The van der Waals surface area contributed by atoms with Gasteiger partial charge in [0.15, 0.2) is 41.0 Å². The highest BCUT2D eigenvalue weighted by Gasteiger charge is 2.35. The molecule has 0 amide bonds. The maximum atomic E-state index is 13.5. The first-order chi connectivity index (χ1) is 21.9. The quantitative estimate of drug-likeness (QED) is 0.194. The first kappa shape index (κ1) is 31.6. The van der Waals surface area contributed by atoms with Gasteiger partial charge >= 0.3 is 23.9 Å². The maximum Gasteiger partial charge on any atom is 0.308 e. The van der Waals surface area contributed by atoms with Crippen LogP contribution in [0.1, 0.15) is 39.4 Å². The van der Waals surface area contributed by atoms with Crippen molar-refractivity contribution in [2.45, 2.75) is 39.9 Å². The van der Waals surface area contributed by atoms with Crippen molar-refractivity contribution in [3.63, 3.8) is 0 Å². The van der Waals surface area contributed by atoms with Gasteiger partial charge in [-0.1, -0.05) is 6.07 Å². The third kappa shape index (κ3) is 6.78. The molecule has 0 radical (unpaired) electrons. The molecule has 0 bridgehead atoms. The summed E-state index contributed by atoms with van der Waals surface area (Å²) in [7, 11) is 1.41. The normalized spacial score (nSPS) is 15.1. The minimum absolute atomic E-state index is 0.0730. The lowest BCUT2D eigenvalue weighted by molar-refractivity contribution is -0.146. The Morgan fingerprint density at radius 3 is 2.15 bits per heavy atom. The third-order valence-corrected chi connectivity index (χ3v) is 6.63. The Morgan fingerprint density at radius 2 is 1.48 bits per heavy atom. The highest BCUT2D eigenvalue weighted by Crippen LogP contribution is 2.44. The van der Waals surface area contributed by atoms with Crippen LogP contribution in [0, 0.1) is 0 Å². The second-order valence-electron chi connectivity index (χ2n) is 10.1. The number of hydrogen-bond acceptors (Lipinski definition) is 13. The SMILES string of the molecule is COc1cc([C@H]2Oc3cc(-c4oc5cc(OC(C)=O)ccc5c(=O)c4OC(C)=O)ccc3O[C@@H]2COC(C)=O)ccc1OC(C)=O. The van der Waals surface area contributed by atoms with E-state index in [1.165, 1.54) is 58.2 Å². The molecule has 5 rings (SSSR count). The number of esters is 4. The van der Waals surface area contributed by atoms with Gasteiger partial charge in [-0.15, -0.1) is 0 Å². The summed E-state index contributed by atoms with van der Waals surface area (Å²) in [4.78, 5) is 60.1. The van der Waals surface area contributed by atoms with Crippen LogP contribution in [0.3, 0.4) is 0 Å². The second-order valence-corrected chi connectivity index (χ2v) is 10.1. The molecule has 13 heteroatoms. The van der Waals surface area contributed by atoms with Gasteiger partial charge in [0, 0.05) is 44.9 Å². The minimum atomic E-state index is -0.856. The number of carbonyl (C=O) groups is 4. The average Bonchev–Trinajstić information content (AvgIpc) is 3.00. The van der Waals surface area contributed by atoms with E-state index in [0.29, 0.717) is 5.56 Å². The van der Waals surface area contributed by atoms with Crippen LogP contribution in [-0.2, 0) is 23.9 Å². The maximum absolute atomic E-state index is 13.5. The van der Waals surface area contributed by atoms with Crippen LogP contribution in [0.4, 0.5) is 0 Å². The molecule has 13 nitrogen and oxygen atoms in total. The molecule has 0 aliphatic carbocycles. The zero-order valence-electron chi connectivity index (χ0n) is 25.4. The fraction of sp³-hybridized carbons (Fsp3) is 0.242. The molecule has 2 atom stereocenters. The van der Waals surface area contributed by atoms with E-state index in [2.05, 4.69) is 0 Å². The predicted octanol–water partition coefficient (Wildman–Crippen LogP) is 4.69. The number of ether oxygens (including phenoxy) is 7. The molecule has 0 saturated heterocycles. The van der Waals surface area contributed by atoms with E-state index in [1.807, 2.05) is 0 Å². The Labute approximate surface area is 261 Å². The van der Waals surface area contributed by atoms with E-state index in [9.17, 15) is 24.0 Å². The summed E-state index contributed by atoms with van der Waals surface area (Å²) in [6.07, 6.45) is -1.66. The van der Waals surface area contributed by atoms with Crippen LogP contribution in [0.2, 0.25) is 0 Å². The van der Waals surface area contributed by atoms with E-state index in [0.717, 1.165) is 6.92 Å². The number of hydrogen-bond donors (Lipinski definition) is 0. The zero-order chi connectivity index (χ0) is 33.1. The largest absolute Gasteiger partial charge is 0.493 e. The van der Waals surface area contributed by atoms with Crippen LogP contribution in [0.5, 0.6) is 34.5 Å². The molecule has 4 aromatic rings. The van der Waals surface area contributed by atoms with Gasteiger partial charge in [0.2, 0.25) is 11.2 Å². The molecule has 0 saturated carbocycles. The lowest BCUT2D eigenvalue weighted by Gasteiger charge is -2.34. The Hall–Kier alpha value is -5.85. The summed E-state index contributed by atoms with van der Waals surface area (Å²) >= 11 is 0. The number of carbonyl (C=O) groups excluding carboxylic acids is 4. The molecule has 1 aliphatic rings. The Balaban J connectivity index is 1.60. The molecule has 46 heavy (non-hydrogen) atoms. The number of benzene rings is 3. The standard InChI is InChI=1S/C33H28O13/c1-16(34)40-15-29-31(20-6-10-24(42-18(3)36)27(12-20)39-5)46-28-13-21(7-11-25(28)44-29)32-33(43-19(4)37)30(38)23-9-8-22(41-17(2)35)14-26(23)45-32/h6-14,29,31H,15H2,1-5H3/t29-,31-/m1/s1. The number of rotatable bonds is 8. The van der Waals surface area contributed by atoms with Gasteiger partial charge in [0.1, 0.15) is 17.9 Å². The van der Waals surface area contributed by atoms with Crippen LogP contribution >= 0.6 is 0 Å². The molecule has 0 fully saturated rings. The first-order valence-corrected chi connectivity index (χ1v) is 13.9. The van der Waals surface area contributed by atoms with Crippen molar-refractivity contribution in [2.75, 3.05) is 13.7 Å². The first-order valence-electron chi connectivity index (χ1n) is 13.9. The highest BCUT2D eigenvalue weighted by molar-refractivity contribution is 5.85. The summed E-state index contributed by atoms with van der Waals surface area (Å²) in [6, 6.07) is 13.6. The summed E-state index contributed by atoms with van der Waals surface area (Å²) in [5, 5.41) is 0.0907. The molecule has 2 heterocycles. The molecule has 3 aromatic carbocycles. The summed E-state index contributed by atoms with van der Waals surface area (Å²) in [5.74, 6) is -1.72. The molecular formula is C33H28O13. The Kier molecular flexibility index (Phi) is 8.94. The Bertz CT molecular complexity index is 1920. The molecular weight excluding hydrogens is 604 g/mol. The lowest BCUT2D eigenvalue weighted by Crippen LogP contribution is -2.37. The van der Waals surface area contributed by atoms with Gasteiger partial charge in [0.05, 0.1) is 12.5 Å². The van der Waals surface area contributed by atoms with Gasteiger partial charge in [-0.2, -0.15) is 0 Å². The molecule has 1 aromatic heterocycles. The van der Waals surface area contributed by atoms with Crippen LogP contribution in [0.25, 0.3) is 22.3 Å². The fourth-order valence-corrected chi connectivity index (χ4v) is 4.79. The number of methoxy groups -OCH3 is 1. The Morgan fingerprint density at radius 1 is 0.739 bits per heavy atom. The van der Waals surface area contributed by atoms with Crippen molar-refractivity contribution in [3.8, 4) is 45.8 Å². The van der Waals surface area contributed by atoms with Crippen LogP contribution < -0.4 is 33.8 Å². The van der Waals surface area contributed by atoms with Crippen molar-refractivity contribution in [1.29, 1.82) is 0 Å². The van der Waals surface area contributed by atoms with E-state index >= 15 is 0 Å². The van der Waals surface area contributed by atoms with Crippen LogP contribution in [-0.4, -0.2) is 43.7 Å². The monoisotopic (exact) mass is 632 g/mol.